The molecule has 0 fully saturated rings. The number of fused-ring (bicyclic) bond motifs is 14. The number of nitrogens with zero attached hydrogens (tertiary/aromatic N) is 6. The van der Waals surface area contributed by atoms with E-state index in [1.165, 1.54) is 5.39 Å². The predicted molar refractivity (Wildman–Crippen MR) is 186 cm³/mol. The van der Waals surface area contributed by atoms with Crippen LogP contribution in [0.1, 0.15) is 0 Å². The van der Waals surface area contributed by atoms with Gasteiger partial charge in [0.25, 0.3) is 0 Å². The summed E-state index contributed by atoms with van der Waals surface area (Å²) in [7, 11) is 0. The van der Waals surface area contributed by atoms with Crippen LogP contribution in [-0.4, -0.2) is 29.1 Å². The summed E-state index contributed by atoms with van der Waals surface area (Å²) in [5, 5.41) is 5.60. The van der Waals surface area contributed by atoms with Crippen molar-refractivity contribution in [1.29, 1.82) is 0 Å². The first kappa shape index (κ1) is 24.0. The van der Waals surface area contributed by atoms with Gasteiger partial charge in [0.15, 0.2) is 0 Å². The van der Waals surface area contributed by atoms with Gasteiger partial charge in [-0.25, -0.2) is 19.9 Å². The number of hydrogen-bond acceptors (Lipinski definition) is 4. The highest BCUT2D eigenvalue weighted by Gasteiger charge is 2.30. The molecule has 0 unspecified atom stereocenters. The summed E-state index contributed by atoms with van der Waals surface area (Å²) in [4.78, 5) is 20.7. The summed E-state index contributed by atoms with van der Waals surface area (Å²) in [6.45, 7) is 0. The van der Waals surface area contributed by atoms with Gasteiger partial charge < -0.3 is 4.57 Å². The summed E-state index contributed by atoms with van der Waals surface area (Å²) in [6, 6.07) is 44.4. The Bertz CT molecular complexity index is 2930. The number of rotatable bonds is 1. The van der Waals surface area contributed by atoms with E-state index in [1.807, 2.05) is 48.7 Å². The third-order valence-corrected chi connectivity index (χ3v) is 9.47. The van der Waals surface area contributed by atoms with E-state index in [1.54, 1.807) is 0 Å². The second-order valence-corrected chi connectivity index (χ2v) is 11.9. The monoisotopic (exact) mass is 586 g/mol. The predicted octanol–water partition coefficient (Wildman–Crippen LogP) is 9.41. The van der Waals surface area contributed by atoms with Crippen molar-refractivity contribution in [2.24, 2.45) is 0 Å². The molecule has 0 spiro atoms. The van der Waals surface area contributed by atoms with Crippen LogP contribution < -0.4 is 0 Å². The van der Waals surface area contributed by atoms with Crippen molar-refractivity contribution in [3.8, 4) is 34.2 Å². The molecule has 10 aromatic rings. The van der Waals surface area contributed by atoms with Crippen LogP contribution in [0.4, 0.5) is 0 Å². The van der Waals surface area contributed by atoms with Gasteiger partial charge in [-0.3, -0.25) is 4.57 Å². The first-order chi connectivity index (χ1) is 22.8. The van der Waals surface area contributed by atoms with Gasteiger partial charge >= 0.3 is 0 Å². The molecule has 0 amide bonds. The first-order valence-corrected chi connectivity index (χ1v) is 15.4. The zero-order valence-electron chi connectivity index (χ0n) is 24.4. The second-order valence-electron chi connectivity index (χ2n) is 11.9. The van der Waals surface area contributed by atoms with Gasteiger partial charge in [0.1, 0.15) is 0 Å². The largest absolute Gasteiger partial charge is 0.308 e. The minimum absolute atomic E-state index is 0.650. The quantitative estimate of drug-likeness (QED) is 0.192. The van der Waals surface area contributed by atoms with Gasteiger partial charge in [-0.1, -0.05) is 84.9 Å². The van der Waals surface area contributed by atoms with E-state index in [4.69, 9.17) is 19.9 Å². The van der Waals surface area contributed by atoms with Gasteiger partial charge in [0.2, 0.25) is 5.95 Å². The fourth-order valence-electron chi connectivity index (χ4n) is 7.56. The van der Waals surface area contributed by atoms with Gasteiger partial charge in [-0.2, -0.15) is 0 Å². The summed E-state index contributed by atoms with van der Waals surface area (Å²) >= 11 is 0. The maximum Gasteiger partial charge on any atom is 0.235 e. The molecule has 4 aromatic heterocycles. The van der Waals surface area contributed by atoms with E-state index in [2.05, 4.69) is 94.1 Å². The molecule has 0 bridgehead atoms. The number of para-hydroxylation sites is 6. The van der Waals surface area contributed by atoms with Crippen LogP contribution in [0.2, 0.25) is 0 Å². The fourth-order valence-corrected chi connectivity index (χ4v) is 7.56. The van der Waals surface area contributed by atoms with E-state index in [0.29, 0.717) is 5.95 Å². The average molecular weight is 587 g/mol. The summed E-state index contributed by atoms with van der Waals surface area (Å²) in [5.74, 6) is 0.650. The van der Waals surface area contributed by atoms with Crippen LogP contribution in [0.5, 0.6) is 0 Å². The molecule has 0 radical (unpaired) electrons. The second kappa shape index (κ2) is 8.61. The summed E-state index contributed by atoms with van der Waals surface area (Å²) in [5.41, 5.74) is 12.0. The Morgan fingerprint density at radius 2 is 1.09 bits per heavy atom. The standard InChI is InChI=1S/C40H22N6/c1-5-15-29-23(11-1)22-41-40(44-29)46-32-18-8-2-12-24(32)27-21-28-37-36(42-30-16-6-7-17-31(30)43-37)26-14-4-10-20-34(26)45-33-19-9-3-13-25(33)35(38(27)46)39(28)45/h1-22H. The maximum absolute atomic E-state index is 5.35. The van der Waals surface area contributed by atoms with Crippen molar-refractivity contribution in [3.63, 3.8) is 0 Å². The zero-order chi connectivity index (χ0) is 29.9. The van der Waals surface area contributed by atoms with Crippen LogP contribution in [0, 0.1) is 0 Å². The van der Waals surface area contributed by atoms with Gasteiger partial charge in [0, 0.05) is 44.3 Å². The molecule has 11 rings (SSSR count). The SMILES string of the molecule is c1ccc2c(c1)-c1nc3ccccc3nc1-c1cc3c4ccccc4n(-c4ncc5ccccc5n4)c3c3c4ccccc4n-2c13. The fraction of sp³-hybridized carbons (Fsp3) is 0. The third-order valence-electron chi connectivity index (χ3n) is 9.47. The van der Waals surface area contributed by atoms with Crippen molar-refractivity contribution in [3.05, 3.63) is 134 Å². The van der Waals surface area contributed by atoms with Crippen LogP contribution in [0.3, 0.4) is 0 Å². The Morgan fingerprint density at radius 1 is 0.457 bits per heavy atom. The molecule has 5 heterocycles. The van der Waals surface area contributed by atoms with Gasteiger partial charge in [-0.05, 0) is 42.5 Å². The van der Waals surface area contributed by atoms with Crippen molar-refractivity contribution >= 4 is 65.5 Å². The minimum Gasteiger partial charge on any atom is -0.308 e. The molecule has 1 aliphatic heterocycles. The van der Waals surface area contributed by atoms with E-state index in [-0.39, 0.29) is 0 Å². The molecule has 46 heavy (non-hydrogen) atoms. The molecular formula is C40H22N6. The Morgan fingerprint density at radius 3 is 1.91 bits per heavy atom. The molecular weight excluding hydrogens is 564 g/mol. The number of benzene rings is 6. The first-order valence-electron chi connectivity index (χ1n) is 15.4. The topological polar surface area (TPSA) is 61.4 Å². The van der Waals surface area contributed by atoms with Crippen LogP contribution >= 0.6 is 0 Å². The lowest BCUT2D eigenvalue weighted by Gasteiger charge is -2.12. The molecule has 6 nitrogen and oxygen atoms in total. The molecule has 0 atom stereocenters. The lowest BCUT2D eigenvalue weighted by atomic mass is 9.98. The van der Waals surface area contributed by atoms with Gasteiger partial charge in [0.05, 0.1) is 55.7 Å². The van der Waals surface area contributed by atoms with Crippen molar-refractivity contribution in [2.45, 2.75) is 0 Å². The highest BCUT2D eigenvalue weighted by Crippen LogP contribution is 2.50. The van der Waals surface area contributed by atoms with Crippen molar-refractivity contribution in [2.75, 3.05) is 0 Å². The molecule has 6 aromatic carbocycles. The molecule has 0 saturated carbocycles. The Kier molecular flexibility index (Phi) is 4.49. The highest BCUT2D eigenvalue weighted by molar-refractivity contribution is 6.30. The summed E-state index contributed by atoms with van der Waals surface area (Å²) in [6.07, 6.45) is 1.93. The minimum atomic E-state index is 0.650. The normalized spacial score (nSPS) is 12.3. The van der Waals surface area contributed by atoms with Gasteiger partial charge in [-0.15, -0.1) is 0 Å². The molecule has 212 valence electrons. The van der Waals surface area contributed by atoms with E-state index < -0.39 is 0 Å². The molecule has 1 aliphatic rings. The number of aromatic nitrogens is 6. The highest BCUT2D eigenvalue weighted by atomic mass is 15.2. The average Bonchev–Trinajstić information content (AvgIpc) is 3.60. The maximum atomic E-state index is 5.35. The third kappa shape index (κ3) is 3.00. The Labute approximate surface area is 261 Å². The van der Waals surface area contributed by atoms with Crippen LogP contribution in [-0.2, 0) is 0 Å². The van der Waals surface area contributed by atoms with Crippen molar-refractivity contribution < 1.29 is 0 Å². The zero-order valence-corrected chi connectivity index (χ0v) is 24.4. The van der Waals surface area contributed by atoms with E-state index in [0.717, 1.165) is 88.4 Å². The van der Waals surface area contributed by atoms with Crippen LogP contribution in [0.15, 0.2) is 134 Å². The molecule has 6 heteroatoms. The lowest BCUT2D eigenvalue weighted by molar-refractivity contribution is 1.01. The molecule has 0 aliphatic carbocycles. The van der Waals surface area contributed by atoms with E-state index >= 15 is 0 Å². The summed E-state index contributed by atoms with van der Waals surface area (Å²) < 4.78 is 4.66. The molecule has 0 N–H and O–H groups in total. The Balaban J connectivity index is 1.42. The van der Waals surface area contributed by atoms with Crippen molar-refractivity contribution in [1.82, 2.24) is 29.1 Å². The molecule has 0 saturated heterocycles. The lowest BCUT2D eigenvalue weighted by Crippen LogP contribution is -2.01. The Hall–Kier alpha value is -6.40. The van der Waals surface area contributed by atoms with Crippen LogP contribution in [0.25, 0.3) is 99.7 Å². The van der Waals surface area contributed by atoms with E-state index in [9.17, 15) is 0 Å². The smallest absolute Gasteiger partial charge is 0.235 e. The number of hydrogen-bond donors (Lipinski definition) is 0.